The predicted octanol–water partition coefficient (Wildman–Crippen LogP) is 4.81. The average Bonchev–Trinajstić information content (AvgIpc) is 3.31. The molecule has 1 atom stereocenters. The van der Waals surface area contributed by atoms with Crippen LogP contribution in [0.15, 0.2) is 53.7 Å². The van der Waals surface area contributed by atoms with E-state index in [1.807, 2.05) is 23.2 Å². The van der Waals surface area contributed by atoms with Crippen molar-refractivity contribution in [1.29, 1.82) is 0 Å². The van der Waals surface area contributed by atoms with E-state index in [4.69, 9.17) is 10.5 Å². The summed E-state index contributed by atoms with van der Waals surface area (Å²) < 4.78 is 7.70. The van der Waals surface area contributed by atoms with Crippen LogP contribution in [-0.4, -0.2) is 57.6 Å². The number of nitrogen functional groups attached to an aromatic ring is 1. The third kappa shape index (κ3) is 7.32. The van der Waals surface area contributed by atoms with Crippen LogP contribution in [0.5, 0.6) is 5.75 Å². The van der Waals surface area contributed by atoms with Crippen molar-refractivity contribution in [2.75, 3.05) is 24.2 Å². The normalized spacial score (nSPS) is 15.9. The summed E-state index contributed by atoms with van der Waals surface area (Å²) in [7, 11) is 1.78. The van der Waals surface area contributed by atoms with Gasteiger partial charge in [-0.3, -0.25) is 19.4 Å². The van der Waals surface area contributed by atoms with Crippen molar-refractivity contribution in [3.8, 4) is 5.75 Å². The Morgan fingerprint density at radius 3 is 2.72 bits per heavy atom. The van der Waals surface area contributed by atoms with Gasteiger partial charge in [0.1, 0.15) is 5.75 Å². The van der Waals surface area contributed by atoms with Gasteiger partial charge in [0, 0.05) is 56.2 Å². The van der Waals surface area contributed by atoms with E-state index in [1.165, 1.54) is 0 Å². The molecule has 10 heteroatoms. The smallest absolute Gasteiger partial charge is 0.256 e. The predicted molar refractivity (Wildman–Crippen MR) is 166 cm³/mol. The number of aliphatic hydroxyl groups is 1. The van der Waals surface area contributed by atoms with Crippen molar-refractivity contribution < 1.29 is 24.2 Å². The number of hydrogen-bond donors (Lipinski definition) is 3. The molecule has 0 spiro atoms. The SMILES string of the molecule is Cn1cc(NC(=O)CCCCCOc2cc3c(cc2CO)C(=O)N2CCCC[C@H]2C=N3)cc1C(=O)Cc1ccc(N)cc1. The number of amides is 2. The van der Waals surface area contributed by atoms with Gasteiger partial charge in [-0.1, -0.05) is 12.1 Å². The van der Waals surface area contributed by atoms with Gasteiger partial charge in [0.25, 0.3) is 5.91 Å². The number of rotatable bonds is 12. The molecular weight excluding hydrogens is 546 g/mol. The Kier molecular flexibility index (Phi) is 9.56. The Morgan fingerprint density at radius 1 is 1.12 bits per heavy atom. The van der Waals surface area contributed by atoms with E-state index in [2.05, 4.69) is 10.3 Å². The molecule has 5 rings (SSSR count). The summed E-state index contributed by atoms with van der Waals surface area (Å²) in [5.41, 5.74) is 10.00. The number of unbranched alkanes of at least 4 members (excludes halogenated alkanes) is 2. The molecule has 0 bridgehead atoms. The Morgan fingerprint density at radius 2 is 1.93 bits per heavy atom. The number of nitrogens with one attached hydrogen (secondary N) is 1. The number of aliphatic imine (C=N–C) groups is 1. The van der Waals surface area contributed by atoms with E-state index in [1.54, 1.807) is 48.1 Å². The van der Waals surface area contributed by atoms with Gasteiger partial charge >= 0.3 is 0 Å². The first-order valence-corrected chi connectivity index (χ1v) is 14.9. The molecule has 10 nitrogen and oxygen atoms in total. The Hall–Kier alpha value is -4.44. The lowest BCUT2D eigenvalue weighted by molar-refractivity contribution is -0.116. The Balaban J connectivity index is 1.07. The van der Waals surface area contributed by atoms with Gasteiger partial charge in [0.05, 0.1) is 41.9 Å². The molecule has 2 aromatic carbocycles. The third-order valence-corrected chi connectivity index (χ3v) is 8.00. The average molecular weight is 586 g/mol. The van der Waals surface area contributed by atoms with Gasteiger partial charge in [0.15, 0.2) is 5.78 Å². The maximum Gasteiger partial charge on any atom is 0.256 e. The minimum atomic E-state index is -0.239. The number of aromatic nitrogens is 1. The standard InChI is InChI=1S/C33H39N5O5/c1-37-20-25(17-29(37)30(40)15-22-9-11-24(34)12-10-22)36-32(41)8-3-2-6-14-43-31-18-28-27(16-23(31)21-39)33(42)38-13-5-4-7-26(38)19-35-28/h9-12,16-20,26,39H,2-8,13-15,21,34H2,1H3,(H,36,41)/t26-/m0/s1. The van der Waals surface area contributed by atoms with Crippen molar-refractivity contribution in [3.63, 3.8) is 0 Å². The second-order valence-electron chi connectivity index (χ2n) is 11.2. The molecule has 2 aliphatic heterocycles. The molecule has 0 saturated carbocycles. The van der Waals surface area contributed by atoms with Crippen molar-refractivity contribution in [1.82, 2.24) is 9.47 Å². The van der Waals surface area contributed by atoms with Crippen molar-refractivity contribution in [3.05, 3.63) is 71.0 Å². The monoisotopic (exact) mass is 585 g/mol. The number of ketones is 1. The molecule has 0 unspecified atom stereocenters. The number of carbonyl (C=O) groups is 3. The highest BCUT2D eigenvalue weighted by Crippen LogP contribution is 2.34. The lowest BCUT2D eigenvalue weighted by atomic mass is 10.0. The zero-order chi connectivity index (χ0) is 30.3. The molecule has 226 valence electrons. The minimum absolute atomic E-state index is 0.0135. The number of nitrogens with zero attached hydrogens (tertiary/aromatic N) is 3. The number of piperidine rings is 1. The summed E-state index contributed by atoms with van der Waals surface area (Å²) in [6.07, 6.45) is 9.35. The van der Waals surface area contributed by atoms with Crippen molar-refractivity contribution in [2.24, 2.45) is 12.0 Å². The van der Waals surface area contributed by atoms with Crippen LogP contribution in [-0.2, 0) is 24.9 Å². The highest BCUT2D eigenvalue weighted by molar-refractivity contribution is 6.03. The molecule has 1 aromatic heterocycles. The number of fused-ring (bicyclic) bond motifs is 2. The molecule has 3 aromatic rings. The van der Waals surface area contributed by atoms with Crippen molar-refractivity contribution in [2.45, 2.75) is 64.0 Å². The highest BCUT2D eigenvalue weighted by Gasteiger charge is 2.30. The van der Waals surface area contributed by atoms with Crippen LogP contribution in [0.25, 0.3) is 0 Å². The fourth-order valence-corrected chi connectivity index (χ4v) is 5.63. The van der Waals surface area contributed by atoms with Crippen LogP contribution >= 0.6 is 0 Å². The van der Waals surface area contributed by atoms with Gasteiger partial charge in [-0.15, -0.1) is 0 Å². The molecule has 0 aliphatic carbocycles. The van der Waals surface area contributed by atoms with E-state index < -0.39 is 0 Å². The minimum Gasteiger partial charge on any atom is -0.493 e. The summed E-state index contributed by atoms with van der Waals surface area (Å²) in [6, 6.07) is 12.4. The summed E-state index contributed by atoms with van der Waals surface area (Å²) in [5.74, 6) is 0.319. The lowest BCUT2D eigenvalue weighted by Gasteiger charge is -2.32. The lowest BCUT2D eigenvalue weighted by Crippen LogP contribution is -2.43. The van der Waals surface area contributed by atoms with Gasteiger partial charge in [-0.25, -0.2) is 0 Å². The molecule has 4 N–H and O–H groups in total. The van der Waals surface area contributed by atoms with Gasteiger partial charge in [-0.05, 0) is 68.4 Å². The first kappa shape index (κ1) is 30.0. The molecule has 1 fully saturated rings. The largest absolute Gasteiger partial charge is 0.493 e. The van der Waals surface area contributed by atoms with E-state index in [9.17, 15) is 19.5 Å². The number of aryl methyl sites for hydroxylation is 1. The van der Waals surface area contributed by atoms with Gasteiger partial charge in [-0.2, -0.15) is 0 Å². The molecule has 0 radical (unpaired) electrons. The number of ether oxygens (including phenoxy) is 1. The quantitative estimate of drug-likeness (QED) is 0.158. The fourth-order valence-electron chi connectivity index (χ4n) is 5.63. The summed E-state index contributed by atoms with van der Waals surface area (Å²) >= 11 is 0. The van der Waals surface area contributed by atoms with Crippen LogP contribution < -0.4 is 15.8 Å². The van der Waals surface area contributed by atoms with Crippen LogP contribution in [0.4, 0.5) is 17.1 Å². The van der Waals surface area contributed by atoms with Crippen LogP contribution in [0.3, 0.4) is 0 Å². The number of benzene rings is 2. The first-order valence-electron chi connectivity index (χ1n) is 14.9. The van der Waals surface area contributed by atoms with E-state index >= 15 is 0 Å². The molecule has 2 amide bonds. The zero-order valence-corrected chi connectivity index (χ0v) is 24.6. The Bertz CT molecular complexity index is 1510. The molecular formula is C33H39N5O5. The van der Waals surface area contributed by atoms with Gasteiger partial charge in [0.2, 0.25) is 5.91 Å². The topological polar surface area (TPSA) is 139 Å². The molecule has 1 saturated heterocycles. The summed E-state index contributed by atoms with van der Waals surface area (Å²) in [6.45, 7) is 0.895. The highest BCUT2D eigenvalue weighted by atomic mass is 16.5. The number of anilines is 2. The maximum absolute atomic E-state index is 13.1. The van der Waals surface area contributed by atoms with E-state index in [0.717, 1.165) is 44.2 Å². The molecule has 2 aliphatic rings. The molecule has 43 heavy (non-hydrogen) atoms. The number of aliphatic hydroxyl groups excluding tert-OH is 1. The van der Waals surface area contributed by atoms with E-state index in [-0.39, 0.29) is 36.7 Å². The van der Waals surface area contributed by atoms with Crippen LogP contribution in [0.1, 0.15) is 76.9 Å². The number of carbonyl (C=O) groups excluding carboxylic acids is 3. The number of Topliss-reactive ketones (excluding diaryl/α,β-unsaturated/α-hetero) is 1. The van der Waals surface area contributed by atoms with Crippen LogP contribution in [0, 0.1) is 0 Å². The summed E-state index contributed by atoms with van der Waals surface area (Å²) in [5, 5.41) is 12.8. The summed E-state index contributed by atoms with van der Waals surface area (Å²) in [4.78, 5) is 44.9. The maximum atomic E-state index is 13.1. The number of hydrogen-bond acceptors (Lipinski definition) is 7. The fraction of sp³-hybridized carbons (Fsp3) is 0.394. The third-order valence-electron chi connectivity index (χ3n) is 8.00. The first-order chi connectivity index (χ1) is 20.8. The second kappa shape index (κ2) is 13.7. The number of nitrogens with two attached hydrogens (primary N) is 1. The second-order valence-corrected chi connectivity index (χ2v) is 11.2. The zero-order valence-electron chi connectivity index (χ0n) is 24.6. The van der Waals surface area contributed by atoms with E-state index in [0.29, 0.717) is 59.1 Å². The van der Waals surface area contributed by atoms with Crippen LogP contribution in [0.2, 0.25) is 0 Å². The van der Waals surface area contributed by atoms with Gasteiger partial charge < -0.3 is 30.4 Å². The van der Waals surface area contributed by atoms with Crippen molar-refractivity contribution >= 4 is 40.9 Å². The Labute approximate surface area is 251 Å². The molecule has 3 heterocycles.